The molecule has 1 aromatic heterocycles. The summed E-state index contributed by atoms with van der Waals surface area (Å²) in [5, 5.41) is 0. The molecule has 1 amide bonds. The molecule has 42 heavy (non-hydrogen) atoms. The summed E-state index contributed by atoms with van der Waals surface area (Å²) in [4.78, 5) is 24.9. The van der Waals surface area contributed by atoms with Crippen molar-refractivity contribution in [1.29, 1.82) is 0 Å². The van der Waals surface area contributed by atoms with Crippen molar-refractivity contribution in [3.05, 3.63) is 65.2 Å². The van der Waals surface area contributed by atoms with Gasteiger partial charge in [-0.3, -0.25) is 4.79 Å². The van der Waals surface area contributed by atoms with Crippen LogP contribution in [0.4, 0.5) is 5.95 Å². The zero-order valence-electron chi connectivity index (χ0n) is 24.8. The van der Waals surface area contributed by atoms with Gasteiger partial charge in [0.25, 0.3) is 10.0 Å². The lowest BCUT2D eigenvalue weighted by molar-refractivity contribution is -0.137. The molecule has 1 fully saturated rings. The standard InChI is InChI=1S/C32H40N4O5S/c1-21(2)15-26-20-41-29-18-28(31-22(3)7-5-8-23(31)4)33-32(34-29)35-42(38,39)27-10-6-9-25(16-27)19-36(26)30(37)17-24-11-13-40-14-12-24/h5-10,16,18,21,24,26H,11-15,17,19-20H2,1-4H3,(H,33,34,35)/t26-/m1/s1. The molecule has 0 unspecified atom stereocenters. The molecular weight excluding hydrogens is 552 g/mol. The lowest BCUT2D eigenvalue weighted by atomic mass is 9.94. The first-order valence-electron chi connectivity index (χ1n) is 14.7. The van der Waals surface area contributed by atoms with E-state index in [-0.39, 0.29) is 47.7 Å². The molecule has 3 aromatic rings. The highest BCUT2D eigenvalue weighted by Crippen LogP contribution is 2.31. The Hall–Kier alpha value is -3.50. The lowest BCUT2D eigenvalue weighted by Crippen LogP contribution is -2.45. The number of sulfonamides is 1. The van der Waals surface area contributed by atoms with E-state index in [1.165, 1.54) is 6.07 Å². The van der Waals surface area contributed by atoms with Crippen molar-refractivity contribution in [3.63, 3.8) is 0 Å². The number of anilines is 1. The Morgan fingerprint density at radius 1 is 1.05 bits per heavy atom. The number of hydrogen-bond donors (Lipinski definition) is 1. The smallest absolute Gasteiger partial charge is 0.264 e. The van der Waals surface area contributed by atoms with Crippen LogP contribution in [0.15, 0.2) is 53.4 Å². The van der Waals surface area contributed by atoms with Crippen LogP contribution in [-0.4, -0.2) is 55.1 Å². The van der Waals surface area contributed by atoms with Crippen LogP contribution in [0.2, 0.25) is 0 Å². The van der Waals surface area contributed by atoms with Crippen LogP contribution < -0.4 is 9.46 Å². The Morgan fingerprint density at radius 2 is 1.76 bits per heavy atom. The number of carbonyl (C=O) groups excluding carboxylic acids is 1. The van der Waals surface area contributed by atoms with Gasteiger partial charge in [-0.2, -0.15) is 4.98 Å². The first-order chi connectivity index (χ1) is 20.1. The lowest BCUT2D eigenvalue weighted by Gasteiger charge is -2.34. The molecule has 4 bridgehead atoms. The molecule has 1 N–H and O–H groups in total. The number of benzene rings is 2. The van der Waals surface area contributed by atoms with Crippen LogP contribution in [0.25, 0.3) is 11.3 Å². The third-order valence-electron chi connectivity index (χ3n) is 7.96. The normalized spacial score (nSPS) is 19.2. The second-order valence-corrected chi connectivity index (χ2v) is 13.5. The molecular formula is C32H40N4O5S. The average molecular weight is 593 g/mol. The van der Waals surface area contributed by atoms with Gasteiger partial charge < -0.3 is 14.4 Å². The average Bonchev–Trinajstić information content (AvgIpc) is 2.94. The maximum absolute atomic E-state index is 13.9. The van der Waals surface area contributed by atoms with E-state index in [2.05, 4.69) is 28.5 Å². The second-order valence-electron chi connectivity index (χ2n) is 11.8. The highest BCUT2D eigenvalue weighted by Gasteiger charge is 2.30. The number of aromatic nitrogens is 2. The van der Waals surface area contributed by atoms with E-state index in [4.69, 9.17) is 9.47 Å². The second kappa shape index (κ2) is 12.8. The Balaban J connectivity index is 1.59. The summed E-state index contributed by atoms with van der Waals surface area (Å²) in [6.07, 6.45) is 2.85. The van der Waals surface area contributed by atoms with Crippen molar-refractivity contribution in [1.82, 2.24) is 14.9 Å². The zero-order chi connectivity index (χ0) is 29.9. The summed E-state index contributed by atoms with van der Waals surface area (Å²) in [5.41, 5.74) is 4.19. The predicted molar refractivity (Wildman–Crippen MR) is 162 cm³/mol. The maximum atomic E-state index is 13.9. The largest absolute Gasteiger partial charge is 0.475 e. The van der Waals surface area contributed by atoms with Gasteiger partial charge in [-0.05, 0) is 73.8 Å². The van der Waals surface area contributed by atoms with Crippen molar-refractivity contribution >= 4 is 21.9 Å². The summed E-state index contributed by atoms with van der Waals surface area (Å²) in [7, 11) is -4.02. The summed E-state index contributed by atoms with van der Waals surface area (Å²) >= 11 is 0. The minimum atomic E-state index is -4.02. The van der Waals surface area contributed by atoms with Crippen molar-refractivity contribution < 1.29 is 22.7 Å². The van der Waals surface area contributed by atoms with Crippen LogP contribution in [0.5, 0.6) is 5.88 Å². The molecule has 0 radical (unpaired) electrons. The summed E-state index contributed by atoms with van der Waals surface area (Å²) in [6, 6.07) is 14.2. The molecule has 1 atom stereocenters. The van der Waals surface area contributed by atoms with E-state index in [1.54, 1.807) is 18.2 Å². The van der Waals surface area contributed by atoms with Gasteiger partial charge in [0.05, 0.1) is 16.6 Å². The van der Waals surface area contributed by atoms with Crippen molar-refractivity contribution in [2.24, 2.45) is 11.8 Å². The summed E-state index contributed by atoms with van der Waals surface area (Å²) in [5.74, 6) is 0.778. The van der Waals surface area contributed by atoms with Gasteiger partial charge in [0, 0.05) is 37.8 Å². The number of nitrogens with one attached hydrogen (secondary N) is 1. The van der Waals surface area contributed by atoms with Crippen molar-refractivity contribution in [2.75, 3.05) is 24.5 Å². The molecule has 2 aliphatic rings. The molecule has 2 aliphatic heterocycles. The number of amides is 1. The van der Waals surface area contributed by atoms with Gasteiger partial charge in [-0.25, -0.2) is 18.1 Å². The Bertz CT molecular complexity index is 1520. The molecule has 5 rings (SSSR count). The van der Waals surface area contributed by atoms with Crippen LogP contribution in [0.3, 0.4) is 0 Å². The minimum Gasteiger partial charge on any atom is -0.475 e. The molecule has 0 spiro atoms. The zero-order valence-corrected chi connectivity index (χ0v) is 25.6. The van der Waals surface area contributed by atoms with Gasteiger partial charge in [0.2, 0.25) is 17.7 Å². The van der Waals surface area contributed by atoms with E-state index >= 15 is 0 Å². The van der Waals surface area contributed by atoms with Gasteiger partial charge in [0.1, 0.15) is 6.61 Å². The van der Waals surface area contributed by atoms with Crippen molar-refractivity contribution in [3.8, 4) is 17.1 Å². The monoisotopic (exact) mass is 592 g/mol. The predicted octanol–water partition coefficient (Wildman–Crippen LogP) is 5.51. The van der Waals surface area contributed by atoms with E-state index in [9.17, 15) is 13.2 Å². The Morgan fingerprint density at radius 3 is 2.48 bits per heavy atom. The number of rotatable bonds is 5. The van der Waals surface area contributed by atoms with E-state index in [1.807, 2.05) is 43.0 Å². The SMILES string of the molecule is Cc1cccc(C)c1-c1cc2nc(n1)NS(=O)(=O)c1cccc(c1)CN(C(=O)CC1CCOCC1)[C@H](CC(C)C)CO2. The molecule has 2 aromatic carbocycles. The van der Waals surface area contributed by atoms with Crippen LogP contribution >= 0.6 is 0 Å². The number of ether oxygens (including phenoxy) is 2. The fourth-order valence-corrected chi connectivity index (χ4v) is 6.84. The van der Waals surface area contributed by atoms with Gasteiger partial charge in [-0.15, -0.1) is 0 Å². The van der Waals surface area contributed by atoms with E-state index < -0.39 is 10.0 Å². The molecule has 0 aliphatic carbocycles. The topological polar surface area (TPSA) is 111 Å². The third-order valence-corrected chi connectivity index (χ3v) is 9.29. The number of carbonyl (C=O) groups is 1. The van der Waals surface area contributed by atoms with Gasteiger partial charge in [-0.1, -0.05) is 44.2 Å². The Labute approximate surface area is 248 Å². The number of aryl methyl sites for hydroxylation is 2. The molecule has 10 heteroatoms. The number of fused-ring (bicyclic) bond motifs is 4. The van der Waals surface area contributed by atoms with Crippen LogP contribution in [-0.2, 0) is 26.1 Å². The molecule has 1 saturated heterocycles. The molecule has 9 nitrogen and oxygen atoms in total. The van der Waals surface area contributed by atoms with E-state index in [0.29, 0.717) is 31.2 Å². The van der Waals surface area contributed by atoms with Crippen molar-refractivity contribution in [2.45, 2.75) is 70.9 Å². The fraction of sp³-hybridized carbons (Fsp3) is 0.469. The van der Waals surface area contributed by atoms with E-state index in [0.717, 1.165) is 41.5 Å². The minimum absolute atomic E-state index is 0.0389. The highest BCUT2D eigenvalue weighted by molar-refractivity contribution is 7.92. The maximum Gasteiger partial charge on any atom is 0.264 e. The first kappa shape index (κ1) is 30.0. The first-order valence-corrected chi connectivity index (χ1v) is 16.1. The molecule has 3 heterocycles. The molecule has 0 saturated carbocycles. The van der Waals surface area contributed by atoms with Gasteiger partial charge >= 0.3 is 0 Å². The van der Waals surface area contributed by atoms with Crippen LogP contribution in [0.1, 0.15) is 56.2 Å². The summed E-state index contributed by atoms with van der Waals surface area (Å²) in [6.45, 7) is 10.1. The number of hydrogen-bond acceptors (Lipinski definition) is 7. The third kappa shape index (κ3) is 7.10. The molecule has 224 valence electrons. The fourth-order valence-electron chi connectivity index (χ4n) is 5.82. The Kier molecular flexibility index (Phi) is 9.13. The highest BCUT2D eigenvalue weighted by atomic mass is 32.2. The number of nitrogens with zero attached hydrogens (tertiary/aromatic N) is 3. The van der Waals surface area contributed by atoms with Gasteiger partial charge in [0.15, 0.2) is 0 Å². The van der Waals surface area contributed by atoms with Crippen LogP contribution in [0, 0.1) is 25.7 Å². The quantitative estimate of drug-likeness (QED) is 0.416. The summed E-state index contributed by atoms with van der Waals surface area (Å²) < 4.78 is 41.4.